The Kier molecular flexibility index (Phi) is 5.78. The van der Waals surface area contributed by atoms with Crippen LogP contribution in [0.2, 0.25) is 0 Å². The molecule has 0 aromatic heterocycles. The Morgan fingerprint density at radius 3 is 3.06 bits per heavy atom. The lowest BCUT2D eigenvalue weighted by atomic mass is 10.1. The maximum absolute atomic E-state index is 11.6. The molecule has 1 saturated heterocycles. The number of hydrogen-bond acceptors (Lipinski definition) is 5. The monoisotopic (exact) mass is 228 g/mol. The number of carbonyl (C=O) groups excluding carboxylic acids is 1. The van der Waals surface area contributed by atoms with Crippen LogP contribution in [0.25, 0.3) is 0 Å². The SMILES string of the molecule is CCOOCC(C#N)NC(=O)C1CCOC1. The normalized spacial score (nSPS) is 21.4. The van der Waals surface area contributed by atoms with Gasteiger partial charge in [-0.05, 0) is 13.3 Å². The van der Waals surface area contributed by atoms with E-state index in [0.29, 0.717) is 26.2 Å². The second-order valence-electron chi connectivity index (χ2n) is 3.44. The Morgan fingerprint density at radius 2 is 2.50 bits per heavy atom. The first-order valence-electron chi connectivity index (χ1n) is 5.30. The van der Waals surface area contributed by atoms with Gasteiger partial charge in [0.15, 0.2) is 0 Å². The highest BCUT2D eigenvalue weighted by Crippen LogP contribution is 2.12. The summed E-state index contributed by atoms with van der Waals surface area (Å²) in [6, 6.07) is 1.26. The van der Waals surface area contributed by atoms with E-state index in [1.807, 2.05) is 6.07 Å². The smallest absolute Gasteiger partial charge is 0.226 e. The molecular weight excluding hydrogens is 212 g/mol. The zero-order chi connectivity index (χ0) is 11.8. The van der Waals surface area contributed by atoms with Crippen LogP contribution in [-0.4, -0.2) is 38.4 Å². The summed E-state index contributed by atoms with van der Waals surface area (Å²) in [6.07, 6.45) is 0.705. The van der Waals surface area contributed by atoms with Gasteiger partial charge >= 0.3 is 0 Å². The summed E-state index contributed by atoms with van der Waals surface area (Å²) in [7, 11) is 0. The highest BCUT2D eigenvalue weighted by atomic mass is 17.2. The van der Waals surface area contributed by atoms with Gasteiger partial charge in [0.25, 0.3) is 0 Å². The molecule has 0 aromatic carbocycles. The molecule has 1 aliphatic heterocycles. The molecule has 6 heteroatoms. The standard InChI is InChI=1S/C10H16N2O4/c1-2-15-16-7-9(5-11)12-10(13)8-3-4-14-6-8/h8-9H,2-4,6-7H2,1H3,(H,12,13). The van der Waals surface area contributed by atoms with Crippen LogP contribution in [0.4, 0.5) is 0 Å². The number of amides is 1. The van der Waals surface area contributed by atoms with Crippen molar-refractivity contribution in [3.8, 4) is 6.07 Å². The second-order valence-corrected chi connectivity index (χ2v) is 3.44. The Balaban J connectivity index is 2.26. The molecule has 0 bridgehead atoms. The molecule has 1 rings (SSSR count). The van der Waals surface area contributed by atoms with Crippen molar-refractivity contribution in [3.05, 3.63) is 0 Å². The molecule has 0 spiro atoms. The van der Waals surface area contributed by atoms with Gasteiger partial charge in [-0.15, -0.1) is 0 Å². The number of nitrogens with zero attached hydrogens (tertiary/aromatic N) is 1. The largest absolute Gasteiger partial charge is 0.381 e. The van der Waals surface area contributed by atoms with E-state index in [-0.39, 0.29) is 18.4 Å². The lowest BCUT2D eigenvalue weighted by molar-refractivity contribution is -0.292. The number of rotatable bonds is 6. The third kappa shape index (κ3) is 4.14. The molecule has 0 aromatic rings. The lowest BCUT2D eigenvalue weighted by Gasteiger charge is -2.13. The molecule has 2 atom stereocenters. The van der Waals surface area contributed by atoms with E-state index in [1.54, 1.807) is 6.92 Å². The average molecular weight is 228 g/mol. The molecule has 2 unspecified atom stereocenters. The first-order chi connectivity index (χ1) is 7.77. The third-order valence-electron chi connectivity index (χ3n) is 2.21. The molecule has 1 aliphatic rings. The second kappa shape index (κ2) is 7.17. The molecule has 1 amide bonds. The van der Waals surface area contributed by atoms with Crippen LogP contribution < -0.4 is 5.32 Å². The van der Waals surface area contributed by atoms with Crippen molar-refractivity contribution in [1.29, 1.82) is 5.26 Å². The van der Waals surface area contributed by atoms with Crippen LogP contribution in [0.5, 0.6) is 0 Å². The Bertz CT molecular complexity index is 258. The molecule has 90 valence electrons. The van der Waals surface area contributed by atoms with Crippen molar-refractivity contribution >= 4 is 5.91 Å². The Labute approximate surface area is 94.4 Å². The van der Waals surface area contributed by atoms with E-state index < -0.39 is 6.04 Å². The molecule has 0 saturated carbocycles. The van der Waals surface area contributed by atoms with Crippen LogP contribution in [0.3, 0.4) is 0 Å². The van der Waals surface area contributed by atoms with Crippen molar-refractivity contribution in [1.82, 2.24) is 5.32 Å². The minimum absolute atomic E-state index is 0.0314. The number of nitriles is 1. The summed E-state index contributed by atoms with van der Waals surface area (Å²) in [6.45, 7) is 3.24. The summed E-state index contributed by atoms with van der Waals surface area (Å²) >= 11 is 0. The van der Waals surface area contributed by atoms with Crippen molar-refractivity contribution in [2.75, 3.05) is 26.4 Å². The Morgan fingerprint density at radius 1 is 1.69 bits per heavy atom. The quantitative estimate of drug-likeness (QED) is 0.393. The predicted molar refractivity (Wildman–Crippen MR) is 54.0 cm³/mol. The van der Waals surface area contributed by atoms with Gasteiger partial charge in [-0.3, -0.25) is 4.79 Å². The van der Waals surface area contributed by atoms with Gasteiger partial charge in [0.2, 0.25) is 5.91 Å². The van der Waals surface area contributed by atoms with Crippen molar-refractivity contribution in [2.24, 2.45) is 5.92 Å². The maximum Gasteiger partial charge on any atom is 0.226 e. The minimum atomic E-state index is -0.681. The summed E-state index contributed by atoms with van der Waals surface area (Å²) in [5.74, 6) is -0.313. The molecule has 6 nitrogen and oxygen atoms in total. The highest BCUT2D eigenvalue weighted by molar-refractivity contribution is 5.79. The predicted octanol–water partition coefficient (Wildman–Crippen LogP) is -0.000620. The fourth-order valence-electron chi connectivity index (χ4n) is 1.34. The van der Waals surface area contributed by atoms with E-state index in [1.165, 1.54) is 0 Å². The zero-order valence-corrected chi connectivity index (χ0v) is 9.27. The fraction of sp³-hybridized carbons (Fsp3) is 0.800. The highest BCUT2D eigenvalue weighted by Gasteiger charge is 2.25. The van der Waals surface area contributed by atoms with E-state index >= 15 is 0 Å². The van der Waals surface area contributed by atoms with Crippen LogP contribution in [0.1, 0.15) is 13.3 Å². The van der Waals surface area contributed by atoms with Gasteiger partial charge in [-0.1, -0.05) is 0 Å². The molecule has 1 heterocycles. The first kappa shape index (κ1) is 12.9. The maximum atomic E-state index is 11.6. The van der Waals surface area contributed by atoms with Crippen LogP contribution in [0, 0.1) is 17.2 Å². The topological polar surface area (TPSA) is 80.6 Å². The van der Waals surface area contributed by atoms with Crippen molar-refractivity contribution in [2.45, 2.75) is 19.4 Å². The molecule has 1 N–H and O–H groups in total. The zero-order valence-electron chi connectivity index (χ0n) is 9.27. The third-order valence-corrected chi connectivity index (χ3v) is 2.21. The molecule has 16 heavy (non-hydrogen) atoms. The van der Waals surface area contributed by atoms with Gasteiger partial charge in [0.1, 0.15) is 12.6 Å². The minimum Gasteiger partial charge on any atom is -0.381 e. The number of nitrogens with one attached hydrogen (secondary N) is 1. The number of carbonyl (C=O) groups is 1. The van der Waals surface area contributed by atoms with E-state index in [9.17, 15) is 4.79 Å². The average Bonchev–Trinajstić information content (AvgIpc) is 2.81. The molecule has 0 radical (unpaired) electrons. The van der Waals surface area contributed by atoms with Crippen molar-refractivity contribution in [3.63, 3.8) is 0 Å². The number of ether oxygens (including phenoxy) is 1. The van der Waals surface area contributed by atoms with Gasteiger partial charge < -0.3 is 10.1 Å². The molecule has 1 fully saturated rings. The van der Waals surface area contributed by atoms with Gasteiger partial charge in [0.05, 0.1) is 25.2 Å². The van der Waals surface area contributed by atoms with E-state index in [2.05, 4.69) is 10.2 Å². The van der Waals surface area contributed by atoms with E-state index in [0.717, 1.165) is 0 Å². The number of hydrogen-bond donors (Lipinski definition) is 1. The van der Waals surface area contributed by atoms with Gasteiger partial charge in [-0.25, -0.2) is 9.78 Å². The van der Waals surface area contributed by atoms with Crippen LogP contribution in [-0.2, 0) is 19.3 Å². The van der Waals surface area contributed by atoms with E-state index in [4.69, 9.17) is 14.9 Å². The lowest BCUT2D eigenvalue weighted by Crippen LogP contribution is -2.41. The molecule has 0 aliphatic carbocycles. The summed E-state index contributed by atoms with van der Waals surface area (Å²) in [4.78, 5) is 21.0. The summed E-state index contributed by atoms with van der Waals surface area (Å²) in [5.41, 5.74) is 0. The van der Waals surface area contributed by atoms with Gasteiger partial charge in [-0.2, -0.15) is 5.26 Å². The van der Waals surface area contributed by atoms with Crippen LogP contribution >= 0.6 is 0 Å². The van der Waals surface area contributed by atoms with Crippen LogP contribution in [0.15, 0.2) is 0 Å². The fourth-order valence-corrected chi connectivity index (χ4v) is 1.34. The first-order valence-corrected chi connectivity index (χ1v) is 5.30. The summed E-state index contributed by atoms with van der Waals surface area (Å²) in [5, 5.41) is 11.4. The summed E-state index contributed by atoms with van der Waals surface area (Å²) < 4.78 is 5.09. The van der Waals surface area contributed by atoms with Crippen molar-refractivity contribution < 1.29 is 19.3 Å². The van der Waals surface area contributed by atoms with Gasteiger partial charge in [0, 0.05) is 6.61 Å². The molecular formula is C10H16N2O4. The Hall–Kier alpha value is -1.16.